The molecule has 0 radical (unpaired) electrons. The molecule has 0 aliphatic carbocycles. The number of methoxy groups -OCH3 is 1. The van der Waals surface area contributed by atoms with Crippen molar-refractivity contribution < 1.29 is 9.13 Å². The van der Waals surface area contributed by atoms with Crippen molar-refractivity contribution in [2.24, 2.45) is 5.84 Å². The van der Waals surface area contributed by atoms with Crippen LogP contribution in [0, 0.1) is 12.7 Å². The number of halogens is 2. The topological polar surface area (TPSA) is 47.3 Å². The molecule has 0 fully saturated rings. The molecule has 112 valence electrons. The molecule has 2 aromatic carbocycles. The molecule has 0 aliphatic rings. The van der Waals surface area contributed by atoms with Crippen LogP contribution in [0.3, 0.4) is 0 Å². The van der Waals surface area contributed by atoms with Gasteiger partial charge in [0.25, 0.3) is 0 Å². The average molecular weight is 309 g/mol. The maximum atomic E-state index is 13.9. The van der Waals surface area contributed by atoms with Crippen LogP contribution in [0.15, 0.2) is 36.4 Å². The van der Waals surface area contributed by atoms with Crippen molar-refractivity contribution in [2.75, 3.05) is 7.11 Å². The van der Waals surface area contributed by atoms with Crippen LogP contribution in [0.4, 0.5) is 4.39 Å². The average Bonchev–Trinajstić information content (AvgIpc) is 2.47. The van der Waals surface area contributed by atoms with Gasteiger partial charge in [-0.1, -0.05) is 29.8 Å². The van der Waals surface area contributed by atoms with Crippen LogP contribution in [0.5, 0.6) is 5.75 Å². The predicted molar refractivity (Wildman–Crippen MR) is 82.9 cm³/mol. The molecule has 0 spiro atoms. The first kappa shape index (κ1) is 15.8. The minimum absolute atomic E-state index is 0.296. The molecule has 1 unspecified atom stereocenters. The van der Waals surface area contributed by atoms with Gasteiger partial charge in [-0.25, -0.2) is 4.39 Å². The predicted octanol–water partition coefficient (Wildman–Crippen LogP) is 3.54. The van der Waals surface area contributed by atoms with Crippen LogP contribution in [-0.2, 0) is 6.42 Å². The number of hydrazine groups is 1. The summed E-state index contributed by atoms with van der Waals surface area (Å²) in [5, 5.41) is 0.390. The van der Waals surface area contributed by atoms with E-state index in [4.69, 9.17) is 22.2 Å². The summed E-state index contributed by atoms with van der Waals surface area (Å²) in [4.78, 5) is 0. The highest BCUT2D eigenvalue weighted by molar-refractivity contribution is 6.31. The van der Waals surface area contributed by atoms with Gasteiger partial charge < -0.3 is 4.74 Å². The van der Waals surface area contributed by atoms with Gasteiger partial charge in [0.05, 0.1) is 13.2 Å². The molecule has 1 atom stereocenters. The molecular formula is C16H18ClFN2O. The van der Waals surface area contributed by atoms with E-state index < -0.39 is 0 Å². The Morgan fingerprint density at radius 1 is 1.33 bits per heavy atom. The summed E-state index contributed by atoms with van der Waals surface area (Å²) < 4.78 is 19.3. The lowest BCUT2D eigenvalue weighted by Crippen LogP contribution is -2.30. The number of nitrogens with two attached hydrogens (primary N) is 1. The Morgan fingerprint density at radius 2 is 2.10 bits per heavy atom. The first-order chi connectivity index (χ1) is 10.1. The molecule has 2 aromatic rings. The van der Waals surface area contributed by atoms with Crippen molar-refractivity contribution in [3.05, 3.63) is 63.9 Å². The molecule has 0 saturated heterocycles. The maximum Gasteiger partial charge on any atom is 0.127 e. The Hall–Kier alpha value is -1.62. The highest BCUT2D eigenvalue weighted by atomic mass is 35.5. The number of benzene rings is 2. The lowest BCUT2D eigenvalue weighted by Gasteiger charge is -2.20. The molecule has 3 N–H and O–H groups in total. The summed E-state index contributed by atoms with van der Waals surface area (Å²) in [5.74, 6) is 6.02. The van der Waals surface area contributed by atoms with Crippen LogP contribution < -0.4 is 16.0 Å². The molecule has 0 bridgehead atoms. The first-order valence-electron chi connectivity index (χ1n) is 6.60. The number of hydrogen-bond acceptors (Lipinski definition) is 3. The SMILES string of the molecule is COc1cc(C)ccc1C(Cc1c(F)cccc1Cl)NN. The Balaban J connectivity index is 2.37. The Labute approximate surface area is 128 Å². The van der Waals surface area contributed by atoms with Crippen molar-refractivity contribution in [3.63, 3.8) is 0 Å². The quantitative estimate of drug-likeness (QED) is 0.656. The van der Waals surface area contributed by atoms with Gasteiger partial charge >= 0.3 is 0 Å². The van der Waals surface area contributed by atoms with E-state index in [1.54, 1.807) is 19.2 Å². The molecule has 3 nitrogen and oxygen atoms in total. The van der Waals surface area contributed by atoms with Gasteiger partial charge in [-0.05, 0) is 37.1 Å². The van der Waals surface area contributed by atoms with E-state index in [9.17, 15) is 4.39 Å². The molecule has 0 heterocycles. The number of nitrogens with one attached hydrogen (secondary N) is 1. The number of aryl methyl sites for hydroxylation is 1. The van der Waals surface area contributed by atoms with Crippen LogP contribution in [-0.4, -0.2) is 7.11 Å². The van der Waals surface area contributed by atoms with E-state index in [1.165, 1.54) is 6.07 Å². The zero-order valence-corrected chi connectivity index (χ0v) is 12.7. The van der Waals surface area contributed by atoms with Crippen LogP contribution >= 0.6 is 11.6 Å². The van der Waals surface area contributed by atoms with E-state index in [0.717, 1.165) is 11.1 Å². The minimum Gasteiger partial charge on any atom is -0.496 e. The van der Waals surface area contributed by atoms with Crippen molar-refractivity contribution in [2.45, 2.75) is 19.4 Å². The third-order valence-electron chi connectivity index (χ3n) is 3.44. The Morgan fingerprint density at radius 3 is 2.71 bits per heavy atom. The van der Waals surface area contributed by atoms with Gasteiger partial charge in [-0.15, -0.1) is 0 Å². The van der Waals surface area contributed by atoms with Gasteiger partial charge in [0.15, 0.2) is 0 Å². The molecule has 0 aliphatic heterocycles. The summed E-state index contributed by atoms with van der Waals surface area (Å²) in [6.45, 7) is 1.98. The fourth-order valence-corrected chi connectivity index (χ4v) is 2.54. The Bertz CT molecular complexity index is 613. The van der Waals surface area contributed by atoms with E-state index in [0.29, 0.717) is 22.8 Å². The van der Waals surface area contributed by atoms with Gasteiger partial charge in [0, 0.05) is 16.1 Å². The summed E-state index contributed by atoms with van der Waals surface area (Å²) >= 11 is 6.08. The molecule has 0 amide bonds. The summed E-state index contributed by atoms with van der Waals surface area (Å²) in [6, 6.07) is 10.1. The lowest BCUT2D eigenvalue weighted by molar-refractivity contribution is 0.398. The third-order valence-corrected chi connectivity index (χ3v) is 3.79. The molecule has 2 rings (SSSR count). The monoisotopic (exact) mass is 308 g/mol. The normalized spacial score (nSPS) is 12.2. The largest absolute Gasteiger partial charge is 0.496 e. The summed E-state index contributed by atoms with van der Waals surface area (Å²) in [6.07, 6.45) is 0.335. The summed E-state index contributed by atoms with van der Waals surface area (Å²) in [7, 11) is 1.60. The van der Waals surface area contributed by atoms with Crippen LogP contribution in [0.1, 0.15) is 22.7 Å². The van der Waals surface area contributed by atoms with Crippen molar-refractivity contribution in [1.29, 1.82) is 0 Å². The molecule has 0 saturated carbocycles. The van der Waals surface area contributed by atoms with E-state index in [2.05, 4.69) is 5.43 Å². The molecule has 21 heavy (non-hydrogen) atoms. The lowest BCUT2D eigenvalue weighted by atomic mass is 9.97. The van der Waals surface area contributed by atoms with Crippen molar-refractivity contribution >= 4 is 11.6 Å². The molecular weight excluding hydrogens is 291 g/mol. The van der Waals surface area contributed by atoms with Crippen LogP contribution in [0.2, 0.25) is 5.02 Å². The second-order valence-corrected chi connectivity index (χ2v) is 5.28. The molecule has 0 aromatic heterocycles. The number of hydrogen-bond donors (Lipinski definition) is 2. The van der Waals surface area contributed by atoms with E-state index in [1.807, 2.05) is 25.1 Å². The maximum absolute atomic E-state index is 13.9. The fourth-order valence-electron chi connectivity index (χ4n) is 2.30. The van der Waals surface area contributed by atoms with Gasteiger partial charge in [-0.3, -0.25) is 11.3 Å². The minimum atomic E-state index is -0.339. The number of ether oxygens (including phenoxy) is 1. The highest BCUT2D eigenvalue weighted by Gasteiger charge is 2.19. The first-order valence-corrected chi connectivity index (χ1v) is 6.98. The van der Waals surface area contributed by atoms with Crippen molar-refractivity contribution in [1.82, 2.24) is 5.43 Å². The Kier molecular flexibility index (Phi) is 5.17. The van der Waals surface area contributed by atoms with Gasteiger partial charge in [0.2, 0.25) is 0 Å². The number of rotatable bonds is 5. The second kappa shape index (κ2) is 6.89. The third kappa shape index (κ3) is 3.53. The van der Waals surface area contributed by atoms with Crippen molar-refractivity contribution in [3.8, 4) is 5.75 Å². The standard InChI is InChI=1S/C16H18ClFN2O/c1-10-6-7-11(16(8-10)21-2)15(20-19)9-12-13(17)4-3-5-14(12)18/h3-8,15,20H,9,19H2,1-2H3. The zero-order valence-electron chi connectivity index (χ0n) is 12.0. The fraction of sp³-hybridized carbons (Fsp3) is 0.250. The summed E-state index contributed by atoms with van der Waals surface area (Å²) in [5.41, 5.74) is 5.09. The van der Waals surface area contributed by atoms with E-state index >= 15 is 0 Å². The molecule has 5 heteroatoms. The second-order valence-electron chi connectivity index (χ2n) is 4.87. The van der Waals surface area contributed by atoms with Crippen LogP contribution in [0.25, 0.3) is 0 Å². The van der Waals surface area contributed by atoms with E-state index in [-0.39, 0.29) is 11.9 Å². The smallest absolute Gasteiger partial charge is 0.127 e. The highest BCUT2D eigenvalue weighted by Crippen LogP contribution is 2.31. The van der Waals surface area contributed by atoms with Gasteiger partial charge in [0.1, 0.15) is 11.6 Å². The zero-order chi connectivity index (χ0) is 15.4. The van der Waals surface area contributed by atoms with Gasteiger partial charge in [-0.2, -0.15) is 0 Å².